The Balaban J connectivity index is 1.56. The molecule has 0 saturated carbocycles. The number of anilines is 2. The van der Waals surface area contributed by atoms with Crippen molar-refractivity contribution in [3.63, 3.8) is 0 Å². The maximum atomic E-state index is 14.1. The molecule has 1 aromatic heterocycles. The molecule has 0 bridgehead atoms. The molecule has 2 fully saturated rings. The summed E-state index contributed by atoms with van der Waals surface area (Å²) in [7, 11) is -1.86. The molecule has 0 spiro atoms. The minimum absolute atomic E-state index is 0.00340. The highest BCUT2D eigenvalue weighted by molar-refractivity contribution is 7.91. The van der Waals surface area contributed by atoms with E-state index in [4.69, 9.17) is 0 Å². The van der Waals surface area contributed by atoms with Gasteiger partial charge in [0, 0.05) is 44.8 Å². The lowest BCUT2D eigenvalue weighted by Crippen LogP contribution is -2.59. The number of fused-ring (bicyclic) bond motifs is 1. The van der Waals surface area contributed by atoms with Crippen molar-refractivity contribution in [2.24, 2.45) is 0 Å². The number of halogens is 7. The van der Waals surface area contributed by atoms with Crippen LogP contribution in [-0.4, -0.2) is 75.0 Å². The molecule has 1 atom stereocenters. The van der Waals surface area contributed by atoms with Gasteiger partial charge >= 0.3 is 12.4 Å². The van der Waals surface area contributed by atoms with Gasteiger partial charge in [-0.25, -0.2) is 17.8 Å². The number of nitrogens with zero attached hydrogens (tertiary/aromatic N) is 4. The van der Waals surface area contributed by atoms with Crippen LogP contribution in [0, 0.1) is 12.7 Å². The molecule has 0 aliphatic carbocycles. The van der Waals surface area contributed by atoms with Crippen LogP contribution in [0.15, 0.2) is 48.7 Å². The first-order chi connectivity index (χ1) is 21.7. The zero-order chi connectivity index (χ0) is 34.7. The van der Waals surface area contributed by atoms with E-state index in [-0.39, 0.29) is 29.3 Å². The lowest BCUT2D eigenvalue weighted by Gasteiger charge is -2.44. The predicted octanol–water partition coefficient (Wildman–Crippen LogP) is 6.09. The topological polar surface area (TPSA) is 73.8 Å². The quantitative estimate of drug-likeness (QED) is 0.303. The van der Waals surface area contributed by atoms with Crippen molar-refractivity contribution in [2.45, 2.75) is 44.6 Å². The second kappa shape index (κ2) is 12.1. The van der Waals surface area contributed by atoms with E-state index in [2.05, 4.69) is 9.88 Å². The van der Waals surface area contributed by atoms with Gasteiger partial charge < -0.3 is 9.80 Å². The summed E-state index contributed by atoms with van der Waals surface area (Å²) in [5, 5.41) is 0. The SMILES string of the molecule is Cc1cc(F)ccc1-c1cc(N2CCN3CCS(=O)(=O)CC3C2)ncc1N(C)C(=O)C(C)(C)c1cc(C(F)(F)F)cc(C(F)(F)F)c1. The zero-order valence-electron chi connectivity index (χ0n) is 26.0. The normalized spacial score (nSPS) is 19.0. The van der Waals surface area contributed by atoms with E-state index in [0.717, 1.165) is 4.90 Å². The molecule has 1 unspecified atom stereocenters. The second-order valence-electron chi connectivity index (χ2n) is 12.6. The molecule has 0 N–H and O–H groups in total. The summed E-state index contributed by atoms with van der Waals surface area (Å²) in [6.45, 7) is 6.06. The Labute approximate surface area is 267 Å². The van der Waals surface area contributed by atoms with Gasteiger partial charge in [-0.2, -0.15) is 26.3 Å². The van der Waals surface area contributed by atoms with Gasteiger partial charge in [-0.1, -0.05) is 6.07 Å². The number of pyridine rings is 1. The predicted molar refractivity (Wildman–Crippen MR) is 163 cm³/mol. The van der Waals surface area contributed by atoms with Crippen molar-refractivity contribution < 1.29 is 43.9 Å². The summed E-state index contributed by atoms with van der Waals surface area (Å²) in [5.74, 6) is -0.764. The maximum absolute atomic E-state index is 14.1. The largest absolute Gasteiger partial charge is 0.416 e. The van der Waals surface area contributed by atoms with Crippen molar-refractivity contribution in [1.29, 1.82) is 0 Å². The highest BCUT2D eigenvalue weighted by Crippen LogP contribution is 2.41. The molecule has 2 aromatic carbocycles. The van der Waals surface area contributed by atoms with Crippen molar-refractivity contribution in [3.05, 3.63) is 76.7 Å². The molecule has 3 aromatic rings. The van der Waals surface area contributed by atoms with E-state index in [1.165, 1.54) is 45.3 Å². The second-order valence-corrected chi connectivity index (χ2v) is 14.8. The van der Waals surface area contributed by atoms with Crippen LogP contribution in [0.25, 0.3) is 11.1 Å². The van der Waals surface area contributed by atoms with Crippen LogP contribution in [0.2, 0.25) is 0 Å². The Bertz CT molecular complexity index is 1780. The van der Waals surface area contributed by atoms with Crippen molar-refractivity contribution in [1.82, 2.24) is 9.88 Å². The summed E-state index contributed by atoms with van der Waals surface area (Å²) in [5.41, 5.74) is -3.82. The molecular weight excluding hydrogens is 653 g/mol. The van der Waals surface area contributed by atoms with Crippen LogP contribution >= 0.6 is 0 Å². The number of hydrogen-bond acceptors (Lipinski definition) is 6. The fourth-order valence-electron chi connectivity index (χ4n) is 6.18. The van der Waals surface area contributed by atoms with E-state index in [1.54, 1.807) is 13.0 Å². The summed E-state index contributed by atoms with van der Waals surface area (Å²) in [6, 6.07) is 6.53. The van der Waals surface area contributed by atoms with Crippen molar-refractivity contribution in [3.8, 4) is 11.1 Å². The highest BCUT2D eigenvalue weighted by Gasteiger charge is 2.42. The number of amides is 1. The number of likely N-dealkylation sites (N-methyl/N-ethyl adjacent to an activating group) is 1. The van der Waals surface area contributed by atoms with Gasteiger partial charge in [-0.15, -0.1) is 0 Å². The van der Waals surface area contributed by atoms with Crippen molar-refractivity contribution >= 4 is 27.2 Å². The Morgan fingerprint density at radius 1 is 0.894 bits per heavy atom. The van der Waals surface area contributed by atoms with Crippen LogP contribution in [0.3, 0.4) is 0 Å². The number of carbonyl (C=O) groups is 1. The van der Waals surface area contributed by atoms with E-state index in [0.29, 0.717) is 60.8 Å². The molecule has 2 aliphatic heterocycles. The molecule has 3 heterocycles. The van der Waals surface area contributed by atoms with Gasteiger partial charge in [0.25, 0.3) is 0 Å². The molecule has 2 saturated heterocycles. The minimum atomic E-state index is -5.10. The first kappa shape index (κ1) is 34.6. The molecule has 2 aliphatic rings. The molecule has 1 amide bonds. The zero-order valence-corrected chi connectivity index (χ0v) is 26.8. The molecule has 5 rings (SSSR count). The van der Waals surface area contributed by atoms with E-state index >= 15 is 0 Å². The smallest absolute Gasteiger partial charge is 0.354 e. The molecule has 15 heteroatoms. The Hall–Kier alpha value is -3.72. The van der Waals surface area contributed by atoms with Gasteiger partial charge in [-0.05, 0) is 73.9 Å². The lowest BCUT2D eigenvalue weighted by molar-refractivity contribution is -0.143. The van der Waals surface area contributed by atoms with Crippen LogP contribution in [0.4, 0.5) is 42.2 Å². The summed E-state index contributed by atoms with van der Waals surface area (Å²) in [6.07, 6.45) is -8.82. The fourth-order valence-corrected chi connectivity index (χ4v) is 7.76. The number of sulfone groups is 1. The van der Waals surface area contributed by atoms with Gasteiger partial charge in [0.2, 0.25) is 5.91 Å². The Kier molecular flexibility index (Phi) is 8.88. The van der Waals surface area contributed by atoms with Gasteiger partial charge in [-0.3, -0.25) is 9.69 Å². The Morgan fingerprint density at radius 3 is 2.11 bits per heavy atom. The minimum Gasteiger partial charge on any atom is -0.354 e. The molecule has 7 nitrogen and oxygen atoms in total. The van der Waals surface area contributed by atoms with Crippen LogP contribution in [0.1, 0.15) is 36.1 Å². The van der Waals surface area contributed by atoms with Crippen LogP contribution < -0.4 is 9.80 Å². The third kappa shape index (κ3) is 7.10. The maximum Gasteiger partial charge on any atom is 0.416 e. The number of rotatable bonds is 5. The van der Waals surface area contributed by atoms with E-state index in [9.17, 15) is 43.9 Å². The third-order valence-corrected chi connectivity index (χ3v) is 10.6. The summed E-state index contributed by atoms with van der Waals surface area (Å²) < 4.78 is 121. The lowest BCUT2D eigenvalue weighted by atomic mass is 9.81. The van der Waals surface area contributed by atoms with E-state index in [1.807, 2.05) is 4.90 Å². The molecule has 0 radical (unpaired) electrons. The molecular formula is C32H33F7N4O3S. The number of aryl methyl sites for hydroxylation is 1. The highest BCUT2D eigenvalue weighted by atomic mass is 32.2. The first-order valence-electron chi connectivity index (χ1n) is 14.7. The van der Waals surface area contributed by atoms with Gasteiger partial charge in [0.05, 0.1) is 39.9 Å². The third-order valence-electron chi connectivity index (χ3n) is 8.92. The number of carbonyl (C=O) groups excluding carboxylic acids is 1. The summed E-state index contributed by atoms with van der Waals surface area (Å²) in [4.78, 5) is 23.7. The number of piperazine rings is 1. The average molecular weight is 687 g/mol. The number of hydrogen-bond donors (Lipinski definition) is 0. The van der Waals surface area contributed by atoms with Gasteiger partial charge in [0.1, 0.15) is 11.6 Å². The van der Waals surface area contributed by atoms with Crippen molar-refractivity contribution in [2.75, 3.05) is 54.5 Å². The van der Waals surface area contributed by atoms with E-state index < -0.39 is 56.0 Å². The fraction of sp³-hybridized carbons (Fsp3) is 0.438. The first-order valence-corrected chi connectivity index (χ1v) is 16.5. The number of alkyl halides is 6. The average Bonchev–Trinajstić information content (AvgIpc) is 2.98. The Morgan fingerprint density at radius 2 is 1.51 bits per heavy atom. The molecule has 254 valence electrons. The van der Waals surface area contributed by atoms with Crippen LogP contribution in [0.5, 0.6) is 0 Å². The molecule has 47 heavy (non-hydrogen) atoms. The monoisotopic (exact) mass is 686 g/mol. The van der Waals surface area contributed by atoms with Crippen LogP contribution in [-0.2, 0) is 32.4 Å². The number of aromatic nitrogens is 1. The number of benzene rings is 2. The summed E-state index contributed by atoms with van der Waals surface area (Å²) >= 11 is 0. The van der Waals surface area contributed by atoms with Gasteiger partial charge in [0.15, 0.2) is 9.84 Å². The standard InChI is InChI=1S/C32H33F7N4O3S/c1-19-11-23(33)5-6-25(19)26-15-28(43-8-7-42-9-10-47(45,46)18-24(42)17-43)40-16-27(26)41(4)29(44)30(2,3)20-12-21(31(34,35)36)14-22(13-20)32(37,38)39/h5-6,11-16,24H,7-10,17-18H2,1-4H3.